The van der Waals surface area contributed by atoms with Crippen molar-refractivity contribution in [1.82, 2.24) is 10.2 Å². The van der Waals surface area contributed by atoms with Gasteiger partial charge in [-0.25, -0.2) is 0 Å². The van der Waals surface area contributed by atoms with Crippen LogP contribution in [0.25, 0.3) is 0 Å². The second-order valence-electron chi connectivity index (χ2n) is 9.95. The van der Waals surface area contributed by atoms with Crippen LogP contribution in [0.3, 0.4) is 0 Å². The minimum atomic E-state index is -0.610. The van der Waals surface area contributed by atoms with Crippen LogP contribution in [0.1, 0.15) is 53.5 Å². The van der Waals surface area contributed by atoms with E-state index in [1.54, 1.807) is 4.90 Å². The summed E-state index contributed by atoms with van der Waals surface area (Å²) in [7, 11) is 0. The van der Waals surface area contributed by atoms with Gasteiger partial charge in [-0.05, 0) is 61.1 Å². The quantitative estimate of drug-likeness (QED) is 0.379. The van der Waals surface area contributed by atoms with E-state index in [1.807, 2.05) is 68.4 Å². The maximum atomic E-state index is 13.9. The molecule has 0 saturated heterocycles. The molecule has 3 aromatic carbocycles. The van der Waals surface area contributed by atoms with E-state index in [1.165, 1.54) is 0 Å². The first kappa shape index (κ1) is 26.0. The molecule has 0 radical (unpaired) electrons. The Balaban J connectivity index is 1.67. The summed E-state index contributed by atoms with van der Waals surface area (Å²) < 4.78 is 0. The minimum Gasteiger partial charge on any atom is -0.352 e. The van der Waals surface area contributed by atoms with Gasteiger partial charge in [0.15, 0.2) is 0 Å². The van der Waals surface area contributed by atoms with Gasteiger partial charge in [0.25, 0.3) is 0 Å². The Morgan fingerprint density at radius 3 is 2.33 bits per heavy atom. The van der Waals surface area contributed by atoms with Crippen LogP contribution < -0.4 is 5.32 Å². The fourth-order valence-electron chi connectivity index (χ4n) is 4.96. The van der Waals surface area contributed by atoms with Gasteiger partial charge in [-0.15, -0.1) is 0 Å². The number of halogens is 1. The van der Waals surface area contributed by atoms with Crippen molar-refractivity contribution in [1.29, 1.82) is 0 Å². The van der Waals surface area contributed by atoms with Gasteiger partial charge >= 0.3 is 0 Å². The summed E-state index contributed by atoms with van der Waals surface area (Å²) in [4.78, 5) is 29.4. The zero-order chi connectivity index (χ0) is 25.5. The van der Waals surface area contributed by atoms with E-state index < -0.39 is 6.04 Å². The van der Waals surface area contributed by atoms with E-state index in [-0.39, 0.29) is 24.3 Å². The van der Waals surface area contributed by atoms with Gasteiger partial charge in [-0.3, -0.25) is 9.59 Å². The van der Waals surface area contributed by atoms with Crippen LogP contribution in [0.15, 0.2) is 72.8 Å². The van der Waals surface area contributed by atoms with Crippen LogP contribution in [0.4, 0.5) is 0 Å². The molecule has 1 fully saturated rings. The molecule has 1 atom stereocenters. The fraction of sp³-hybridized carbons (Fsp3) is 0.355. The molecule has 4 rings (SSSR count). The molecule has 0 spiro atoms. The summed E-state index contributed by atoms with van der Waals surface area (Å²) in [6.07, 6.45) is 4.98. The molecule has 0 heterocycles. The first-order chi connectivity index (χ1) is 17.4. The van der Waals surface area contributed by atoms with Crippen LogP contribution in [0, 0.1) is 13.8 Å². The Morgan fingerprint density at radius 1 is 0.944 bits per heavy atom. The molecule has 0 unspecified atom stereocenters. The summed E-state index contributed by atoms with van der Waals surface area (Å²) in [6.45, 7) is 4.41. The van der Waals surface area contributed by atoms with Crippen molar-refractivity contribution < 1.29 is 9.59 Å². The Morgan fingerprint density at radius 2 is 1.64 bits per heavy atom. The monoisotopic (exact) mass is 502 g/mol. The lowest BCUT2D eigenvalue weighted by atomic mass is 9.99. The van der Waals surface area contributed by atoms with Crippen molar-refractivity contribution in [3.05, 3.63) is 106 Å². The number of aryl methyl sites for hydroxylation is 2. The summed E-state index contributed by atoms with van der Waals surface area (Å²) >= 11 is 6.12. The van der Waals surface area contributed by atoms with Crippen LogP contribution in [0.5, 0.6) is 0 Å². The second-order valence-corrected chi connectivity index (χ2v) is 10.4. The fourth-order valence-corrected chi connectivity index (χ4v) is 5.09. The van der Waals surface area contributed by atoms with E-state index in [4.69, 9.17) is 11.6 Å². The lowest BCUT2D eigenvalue weighted by Crippen LogP contribution is -2.52. The van der Waals surface area contributed by atoms with Gasteiger partial charge in [0.2, 0.25) is 11.8 Å². The molecule has 0 aromatic heterocycles. The van der Waals surface area contributed by atoms with E-state index >= 15 is 0 Å². The topological polar surface area (TPSA) is 49.4 Å². The van der Waals surface area contributed by atoms with Gasteiger partial charge in [0.1, 0.15) is 6.04 Å². The number of hydrogen-bond donors (Lipinski definition) is 1. The standard InChI is InChI=1S/C31H35ClN2O2/c1-22-12-13-23(2)26(18-22)20-30(35)34(21-25-14-16-27(32)17-15-25)29(19-24-8-4-3-5-9-24)31(36)33-28-10-6-7-11-28/h3-5,8-9,12-18,28-29H,6-7,10-11,19-21H2,1-2H3,(H,33,36)/t29-/m1/s1. The smallest absolute Gasteiger partial charge is 0.243 e. The Labute approximate surface area is 219 Å². The molecule has 36 heavy (non-hydrogen) atoms. The zero-order valence-electron chi connectivity index (χ0n) is 21.2. The number of carbonyl (C=O) groups excluding carboxylic acids is 2. The first-order valence-corrected chi connectivity index (χ1v) is 13.2. The molecule has 188 valence electrons. The number of nitrogens with one attached hydrogen (secondary N) is 1. The molecule has 4 nitrogen and oxygen atoms in total. The van der Waals surface area contributed by atoms with Crippen LogP contribution in [-0.4, -0.2) is 28.8 Å². The van der Waals surface area contributed by atoms with Crippen molar-refractivity contribution in [3.63, 3.8) is 0 Å². The van der Waals surface area contributed by atoms with Crippen molar-refractivity contribution >= 4 is 23.4 Å². The molecule has 1 aliphatic carbocycles. The molecule has 0 aliphatic heterocycles. The predicted octanol–water partition coefficient (Wildman–Crippen LogP) is 6.20. The lowest BCUT2D eigenvalue weighted by Gasteiger charge is -2.32. The highest BCUT2D eigenvalue weighted by Crippen LogP contribution is 2.22. The molecule has 1 saturated carbocycles. The Kier molecular flexibility index (Phi) is 8.82. The SMILES string of the molecule is Cc1ccc(C)c(CC(=O)N(Cc2ccc(Cl)cc2)[C@H](Cc2ccccc2)C(=O)NC2CCCC2)c1. The Bertz CT molecular complexity index is 1170. The maximum absolute atomic E-state index is 13.9. The van der Waals surface area contributed by atoms with E-state index in [0.717, 1.165) is 53.5 Å². The van der Waals surface area contributed by atoms with Gasteiger partial charge in [0, 0.05) is 24.0 Å². The highest BCUT2D eigenvalue weighted by atomic mass is 35.5. The van der Waals surface area contributed by atoms with E-state index in [2.05, 4.69) is 23.5 Å². The van der Waals surface area contributed by atoms with Crippen LogP contribution >= 0.6 is 11.6 Å². The third kappa shape index (κ3) is 6.98. The molecular weight excluding hydrogens is 468 g/mol. The van der Waals surface area contributed by atoms with E-state index in [9.17, 15) is 9.59 Å². The highest BCUT2D eigenvalue weighted by Gasteiger charge is 2.32. The lowest BCUT2D eigenvalue weighted by molar-refractivity contribution is -0.141. The summed E-state index contributed by atoms with van der Waals surface area (Å²) in [6, 6.07) is 23.2. The van der Waals surface area contributed by atoms with Crippen molar-refractivity contribution in [3.8, 4) is 0 Å². The normalized spacial score (nSPS) is 14.4. The van der Waals surface area contributed by atoms with Crippen molar-refractivity contribution in [2.75, 3.05) is 0 Å². The van der Waals surface area contributed by atoms with Crippen LogP contribution in [-0.2, 0) is 29.0 Å². The molecule has 1 aliphatic rings. The van der Waals surface area contributed by atoms with Gasteiger partial charge in [0.05, 0.1) is 6.42 Å². The van der Waals surface area contributed by atoms with Gasteiger partial charge in [-0.1, -0.05) is 90.7 Å². The number of nitrogens with zero attached hydrogens (tertiary/aromatic N) is 1. The summed E-state index contributed by atoms with van der Waals surface area (Å²) in [5.74, 6) is -0.129. The highest BCUT2D eigenvalue weighted by molar-refractivity contribution is 6.30. The number of benzene rings is 3. The molecular formula is C31H35ClN2O2. The average molecular weight is 503 g/mol. The first-order valence-electron chi connectivity index (χ1n) is 12.8. The molecule has 3 aromatic rings. The number of amides is 2. The second kappa shape index (κ2) is 12.2. The minimum absolute atomic E-state index is 0.0545. The van der Waals surface area contributed by atoms with Crippen molar-refractivity contribution in [2.24, 2.45) is 0 Å². The van der Waals surface area contributed by atoms with Gasteiger partial charge < -0.3 is 10.2 Å². The van der Waals surface area contributed by atoms with E-state index in [0.29, 0.717) is 18.0 Å². The number of rotatable bonds is 9. The summed E-state index contributed by atoms with van der Waals surface area (Å²) in [5, 5.41) is 3.91. The maximum Gasteiger partial charge on any atom is 0.243 e. The van der Waals surface area contributed by atoms with Crippen molar-refractivity contribution in [2.45, 2.75) is 71.0 Å². The van der Waals surface area contributed by atoms with Gasteiger partial charge in [-0.2, -0.15) is 0 Å². The third-order valence-corrected chi connectivity index (χ3v) is 7.34. The largest absolute Gasteiger partial charge is 0.352 e. The zero-order valence-corrected chi connectivity index (χ0v) is 21.9. The molecule has 5 heteroatoms. The third-order valence-electron chi connectivity index (χ3n) is 7.09. The molecule has 1 N–H and O–H groups in total. The Hall–Kier alpha value is -3.11. The predicted molar refractivity (Wildman–Crippen MR) is 146 cm³/mol. The summed E-state index contributed by atoms with van der Waals surface area (Å²) in [5.41, 5.74) is 5.17. The average Bonchev–Trinajstić information content (AvgIpc) is 3.38. The number of hydrogen-bond acceptors (Lipinski definition) is 2. The number of carbonyl (C=O) groups is 2. The molecule has 0 bridgehead atoms. The molecule has 2 amide bonds. The van der Waals surface area contributed by atoms with Crippen LogP contribution in [0.2, 0.25) is 5.02 Å².